The highest BCUT2D eigenvalue weighted by molar-refractivity contribution is 6.02. The van der Waals surface area contributed by atoms with E-state index in [1.165, 1.54) is 10.8 Å². The molecule has 3 aromatic heterocycles. The molecule has 0 aliphatic carbocycles. The van der Waals surface area contributed by atoms with Gasteiger partial charge in [0.15, 0.2) is 17.4 Å². The van der Waals surface area contributed by atoms with Crippen LogP contribution < -0.4 is 20.6 Å². The van der Waals surface area contributed by atoms with E-state index in [0.29, 0.717) is 57.8 Å². The SMILES string of the molecule is CCC(=O)c1cnc(Nc2ccn(-c3ccccc3)c(=O)n2)cc1N(C)c1cccc(-c2ncn(C)n2)c1OC. The summed E-state index contributed by atoms with van der Waals surface area (Å²) in [6.45, 7) is 1.80. The van der Waals surface area contributed by atoms with Gasteiger partial charge in [-0.2, -0.15) is 10.1 Å². The van der Waals surface area contributed by atoms with Gasteiger partial charge in [0.05, 0.1) is 35.3 Å². The third-order valence-corrected chi connectivity index (χ3v) is 6.36. The fraction of sp³-hybridized carbons (Fsp3) is 0.172. The van der Waals surface area contributed by atoms with Crippen molar-refractivity contribution in [2.24, 2.45) is 7.05 Å². The first-order valence-electron chi connectivity index (χ1n) is 12.6. The predicted octanol–water partition coefficient (Wildman–Crippen LogP) is 4.54. The van der Waals surface area contributed by atoms with Crippen LogP contribution in [0, 0.1) is 0 Å². The molecule has 11 heteroatoms. The minimum atomic E-state index is -0.434. The monoisotopic (exact) mass is 536 g/mol. The summed E-state index contributed by atoms with van der Waals surface area (Å²) in [6, 6.07) is 18.3. The molecule has 0 fully saturated rings. The number of Topliss-reactive ketones (excluding diaryl/α,β-unsaturated/α-hetero) is 1. The molecule has 0 unspecified atom stereocenters. The second kappa shape index (κ2) is 11.2. The van der Waals surface area contributed by atoms with Gasteiger partial charge in [-0.05, 0) is 30.3 Å². The van der Waals surface area contributed by atoms with E-state index in [-0.39, 0.29) is 5.78 Å². The number of benzene rings is 2. The van der Waals surface area contributed by atoms with Gasteiger partial charge in [0.2, 0.25) is 0 Å². The van der Waals surface area contributed by atoms with E-state index in [1.54, 1.807) is 50.4 Å². The number of carbonyl (C=O) groups excluding carboxylic acids is 1. The van der Waals surface area contributed by atoms with E-state index >= 15 is 0 Å². The molecule has 0 saturated carbocycles. The van der Waals surface area contributed by atoms with Gasteiger partial charge in [-0.15, -0.1) is 0 Å². The van der Waals surface area contributed by atoms with Crippen LogP contribution in [0.4, 0.5) is 23.0 Å². The lowest BCUT2D eigenvalue weighted by Crippen LogP contribution is -2.21. The van der Waals surface area contributed by atoms with E-state index in [0.717, 1.165) is 0 Å². The number of anilines is 4. The van der Waals surface area contributed by atoms with Crippen LogP contribution in [0.1, 0.15) is 23.7 Å². The van der Waals surface area contributed by atoms with Crippen molar-refractivity contribution < 1.29 is 9.53 Å². The molecule has 3 heterocycles. The molecule has 1 N–H and O–H groups in total. The normalized spacial score (nSPS) is 10.8. The summed E-state index contributed by atoms with van der Waals surface area (Å²) < 4.78 is 8.88. The van der Waals surface area contributed by atoms with Gasteiger partial charge in [-0.3, -0.25) is 14.0 Å². The van der Waals surface area contributed by atoms with E-state index in [2.05, 4.69) is 25.4 Å². The molecule has 0 aliphatic heterocycles. The maximum atomic E-state index is 12.9. The first-order valence-corrected chi connectivity index (χ1v) is 12.6. The predicted molar refractivity (Wildman–Crippen MR) is 153 cm³/mol. The summed E-state index contributed by atoms with van der Waals surface area (Å²) in [5.74, 6) is 1.76. The first-order chi connectivity index (χ1) is 19.4. The summed E-state index contributed by atoms with van der Waals surface area (Å²) in [7, 11) is 5.23. The minimum absolute atomic E-state index is 0.0639. The molecule has 5 aromatic rings. The number of nitrogens with zero attached hydrogens (tertiary/aromatic N) is 7. The standard InChI is InChI=1S/C29H28N8O3/c1-5-24(38)21-17-30-26(32-25-14-15-37(29(39)33-25)19-10-7-6-8-11-19)16-23(21)36(3)22-13-9-12-20(27(22)40-4)28-31-18-35(2)34-28/h6-18H,5H2,1-4H3,(H,30,32,33,39). The number of hydrogen-bond donors (Lipinski definition) is 1. The molecule has 11 nitrogen and oxygen atoms in total. The average Bonchev–Trinajstić information content (AvgIpc) is 3.42. The molecule has 0 atom stereocenters. The highest BCUT2D eigenvalue weighted by atomic mass is 16.5. The molecule has 0 radical (unpaired) electrons. The smallest absolute Gasteiger partial charge is 0.354 e. The zero-order chi connectivity index (χ0) is 28.2. The van der Waals surface area contributed by atoms with E-state index in [1.807, 2.05) is 60.5 Å². The Labute approximate surface area is 230 Å². The van der Waals surface area contributed by atoms with Gasteiger partial charge in [-0.1, -0.05) is 31.2 Å². The number of nitrogens with one attached hydrogen (secondary N) is 1. The lowest BCUT2D eigenvalue weighted by Gasteiger charge is -2.25. The summed E-state index contributed by atoms with van der Waals surface area (Å²) in [4.78, 5) is 40.4. The molecule has 0 saturated heterocycles. The summed E-state index contributed by atoms with van der Waals surface area (Å²) in [6.07, 6.45) is 5.11. The largest absolute Gasteiger partial charge is 0.494 e. The molecule has 40 heavy (non-hydrogen) atoms. The van der Waals surface area contributed by atoms with Crippen molar-refractivity contribution in [1.29, 1.82) is 0 Å². The Balaban J connectivity index is 1.52. The molecular weight excluding hydrogens is 508 g/mol. The summed E-state index contributed by atoms with van der Waals surface area (Å²) in [5.41, 5.74) is 2.76. The molecule has 0 bridgehead atoms. The van der Waals surface area contributed by atoms with Crippen molar-refractivity contribution in [3.05, 3.63) is 95.4 Å². The van der Waals surface area contributed by atoms with Crippen molar-refractivity contribution in [3.63, 3.8) is 0 Å². The number of hydrogen-bond acceptors (Lipinski definition) is 9. The average molecular weight is 537 g/mol. The third kappa shape index (κ3) is 5.17. The lowest BCUT2D eigenvalue weighted by atomic mass is 10.1. The van der Waals surface area contributed by atoms with E-state index in [4.69, 9.17) is 4.74 Å². The molecular formula is C29H28N8O3. The zero-order valence-electron chi connectivity index (χ0n) is 22.6. The van der Waals surface area contributed by atoms with Crippen molar-refractivity contribution in [3.8, 4) is 22.8 Å². The van der Waals surface area contributed by atoms with Crippen LogP contribution in [0.15, 0.2) is 84.2 Å². The van der Waals surface area contributed by atoms with E-state index in [9.17, 15) is 9.59 Å². The minimum Gasteiger partial charge on any atom is -0.494 e. The number of methoxy groups -OCH3 is 1. The lowest BCUT2D eigenvalue weighted by molar-refractivity contribution is 0.0988. The van der Waals surface area contributed by atoms with Crippen LogP contribution in [0.5, 0.6) is 5.75 Å². The highest BCUT2D eigenvalue weighted by Crippen LogP contribution is 2.40. The van der Waals surface area contributed by atoms with Crippen molar-refractivity contribution in [2.45, 2.75) is 13.3 Å². The number of aryl methyl sites for hydroxylation is 1. The maximum Gasteiger partial charge on any atom is 0.354 e. The van der Waals surface area contributed by atoms with Crippen molar-refractivity contribution >= 4 is 28.8 Å². The van der Waals surface area contributed by atoms with Crippen LogP contribution >= 0.6 is 0 Å². The van der Waals surface area contributed by atoms with Crippen molar-refractivity contribution in [1.82, 2.24) is 29.3 Å². The number of carbonyl (C=O) groups is 1. The molecule has 0 spiro atoms. The second-order valence-corrected chi connectivity index (χ2v) is 8.95. The number of aromatic nitrogens is 6. The van der Waals surface area contributed by atoms with Gasteiger partial charge in [0.1, 0.15) is 18.0 Å². The summed E-state index contributed by atoms with van der Waals surface area (Å²) >= 11 is 0. The third-order valence-electron chi connectivity index (χ3n) is 6.36. The van der Waals surface area contributed by atoms with Gasteiger partial charge in [-0.25, -0.2) is 14.8 Å². The Bertz CT molecular complexity index is 1730. The molecule has 0 amide bonds. The Morgan fingerprint density at radius 2 is 1.82 bits per heavy atom. The van der Waals surface area contributed by atoms with Crippen LogP contribution in [0.3, 0.4) is 0 Å². The Morgan fingerprint density at radius 3 is 2.50 bits per heavy atom. The molecule has 202 valence electrons. The number of ketones is 1. The summed E-state index contributed by atoms with van der Waals surface area (Å²) in [5, 5.41) is 7.51. The quantitative estimate of drug-likeness (QED) is 0.271. The topological polar surface area (TPSA) is 120 Å². The Morgan fingerprint density at radius 1 is 1.02 bits per heavy atom. The van der Waals surface area contributed by atoms with Gasteiger partial charge >= 0.3 is 5.69 Å². The van der Waals surface area contributed by atoms with Crippen molar-refractivity contribution in [2.75, 3.05) is 24.4 Å². The number of rotatable bonds is 9. The van der Waals surface area contributed by atoms with Crippen LogP contribution in [-0.2, 0) is 7.05 Å². The number of para-hydroxylation sites is 2. The zero-order valence-corrected chi connectivity index (χ0v) is 22.6. The van der Waals surface area contributed by atoms with Gasteiger partial charge in [0, 0.05) is 39.0 Å². The number of ether oxygens (including phenoxy) is 1. The fourth-order valence-electron chi connectivity index (χ4n) is 4.36. The number of pyridine rings is 1. The van der Waals surface area contributed by atoms with Gasteiger partial charge < -0.3 is 15.0 Å². The van der Waals surface area contributed by atoms with Crippen LogP contribution in [0.25, 0.3) is 17.1 Å². The molecule has 5 rings (SSSR count). The molecule has 2 aromatic carbocycles. The highest BCUT2D eigenvalue weighted by Gasteiger charge is 2.22. The van der Waals surface area contributed by atoms with Crippen LogP contribution in [0.2, 0.25) is 0 Å². The van der Waals surface area contributed by atoms with E-state index < -0.39 is 5.69 Å². The fourth-order valence-corrected chi connectivity index (χ4v) is 4.36. The maximum absolute atomic E-state index is 12.9. The van der Waals surface area contributed by atoms with Crippen LogP contribution in [-0.4, -0.2) is 49.2 Å². The second-order valence-electron chi connectivity index (χ2n) is 8.95. The first kappa shape index (κ1) is 26.3. The van der Waals surface area contributed by atoms with Gasteiger partial charge in [0.25, 0.3) is 0 Å². The Hall–Kier alpha value is -5.32. The Kier molecular flexibility index (Phi) is 7.36. The molecule has 0 aliphatic rings.